The molecule has 5 atom stereocenters. The van der Waals surface area contributed by atoms with E-state index in [1.54, 1.807) is 33.7 Å². The highest BCUT2D eigenvalue weighted by molar-refractivity contribution is 8.02. The number of unbranched alkanes of at least 4 members (excludes halogenated alkanes) is 3. The molecule has 1 unspecified atom stereocenters. The first kappa shape index (κ1) is 25.4. The van der Waals surface area contributed by atoms with Crippen molar-refractivity contribution in [2.24, 2.45) is 11.8 Å². The number of amides is 2. The summed E-state index contributed by atoms with van der Waals surface area (Å²) in [5.74, 6) is -1.93. The largest absolute Gasteiger partial charge is 0.465 e. The van der Waals surface area contributed by atoms with Crippen LogP contribution in [0.4, 0.5) is 5.69 Å². The zero-order chi connectivity index (χ0) is 25.3. The first-order valence-electron chi connectivity index (χ1n) is 12.6. The van der Waals surface area contributed by atoms with Gasteiger partial charge in [-0.1, -0.05) is 48.7 Å². The molecule has 4 aliphatic heterocycles. The monoisotopic (exact) mass is 530 g/mol. The lowest BCUT2D eigenvalue weighted by atomic mass is 9.78. The van der Waals surface area contributed by atoms with E-state index >= 15 is 0 Å². The molecule has 2 amide bonds. The molecule has 0 aliphatic carbocycles. The van der Waals surface area contributed by atoms with E-state index in [4.69, 9.17) is 21.4 Å². The van der Waals surface area contributed by atoms with Crippen molar-refractivity contribution in [1.82, 2.24) is 4.90 Å². The van der Waals surface area contributed by atoms with Gasteiger partial charge in [-0.15, -0.1) is 11.8 Å². The molecule has 2 saturated heterocycles. The lowest BCUT2D eigenvalue weighted by Gasteiger charge is -2.35. The summed E-state index contributed by atoms with van der Waals surface area (Å²) in [6.07, 6.45) is 11.8. The van der Waals surface area contributed by atoms with Crippen molar-refractivity contribution < 1.29 is 24.2 Å². The zero-order valence-electron chi connectivity index (χ0n) is 20.1. The molecular weight excluding hydrogens is 500 g/mol. The topological polar surface area (TPSA) is 87.2 Å². The number of carbonyl (C=O) groups excluding carboxylic acids is 3. The molecule has 4 heterocycles. The summed E-state index contributed by atoms with van der Waals surface area (Å²) in [6.45, 7) is 1.25. The third-order valence-electron chi connectivity index (χ3n) is 7.57. The molecule has 1 spiro atoms. The Bertz CT molecular complexity index is 1080. The summed E-state index contributed by atoms with van der Waals surface area (Å²) in [5.41, 5.74) is 0.721. The molecule has 192 valence electrons. The van der Waals surface area contributed by atoms with Crippen LogP contribution in [0, 0.1) is 11.8 Å². The number of aliphatic hydroxyl groups is 1. The minimum Gasteiger partial charge on any atom is -0.465 e. The number of rotatable bonds is 7. The molecule has 7 nitrogen and oxygen atoms in total. The molecule has 2 fully saturated rings. The molecular formula is C27H31ClN2O5S. The third kappa shape index (κ3) is 4.37. The smallest absolute Gasteiger partial charge is 0.311 e. The van der Waals surface area contributed by atoms with Crippen LogP contribution in [0.2, 0.25) is 5.02 Å². The Morgan fingerprint density at radius 1 is 1.06 bits per heavy atom. The predicted molar refractivity (Wildman–Crippen MR) is 140 cm³/mol. The maximum Gasteiger partial charge on any atom is 0.311 e. The van der Waals surface area contributed by atoms with Crippen LogP contribution in [-0.4, -0.2) is 70.1 Å². The highest BCUT2D eigenvalue weighted by Crippen LogP contribution is 2.60. The van der Waals surface area contributed by atoms with E-state index in [9.17, 15) is 14.4 Å². The van der Waals surface area contributed by atoms with Crippen LogP contribution >= 0.6 is 23.4 Å². The average molecular weight is 531 g/mol. The van der Waals surface area contributed by atoms with E-state index in [1.807, 2.05) is 36.4 Å². The van der Waals surface area contributed by atoms with Gasteiger partial charge in [0.25, 0.3) is 5.91 Å². The summed E-state index contributed by atoms with van der Waals surface area (Å²) in [6, 6.07) is 6.41. The number of fused-ring (bicyclic) bond motifs is 2. The molecule has 0 saturated carbocycles. The number of thioether (sulfide) groups is 1. The second-order valence-electron chi connectivity index (χ2n) is 9.72. The number of aliphatic hydroxyl groups excluding tert-OH is 1. The summed E-state index contributed by atoms with van der Waals surface area (Å²) in [4.78, 5) is 44.8. The fourth-order valence-electron chi connectivity index (χ4n) is 5.95. The van der Waals surface area contributed by atoms with Crippen molar-refractivity contribution >= 4 is 46.8 Å². The van der Waals surface area contributed by atoms with Gasteiger partial charge >= 0.3 is 5.97 Å². The van der Waals surface area contributed by atoms with Gasteiger partial charge in [0.15, 0.2) is 0 Å². The minimum absolute atomic E-state index is 0.144. The van der Waals surface area contributed by atoms with Crippen molar-refractivity contribution in [3.63, 3.8) is 0 Å². The first-order valence-corrected chi connectivity index (χ1v) is 13.9. The third-order valence-corrected chi connectivity index (χ3v) is 9.56. The van der Waals surface area contributed by atoms with Gasteiger partial charge in [0.1, 0.15) is 6.04 Å². The van der Waals surface area contributed by atoms with Crippen LogP contribution in [-0.2, 0) is 19.1 Å². The van der Waals surface area contributed by atoms with Crippen molar-refractivity contribution in [2.75, 3.05) is 31.2 Å². The van der Waals surface area contributed by atoms with E-state index < -0.39 is 22.6 Å². The molecule has 1 aromatic rings. The molecule has 5 rings (SSSR count). The van der Waals surface area contributed by atoms with Gasteiger partial charge in [-0.25, -0.2) is 0 Å². The van der Waals surface area contributed by atoms with Crippen molar-refractivity contribution in [1.29, 1.82) is 0 Å². The number of benzene rings is 1. The molecule has 1 N–H and O–H groups in total. The number of nitrogens with zero attached hydrogens (tertiary/aromatic N) is 2. The number of hydrogen-bond acceptors (Lipinski definition) is 6. The van der Waals surface area contributed by atoms with Gasteiger partial charge < -0.3 is 19.6 Å². The summed E-state index contributed by atoms with van der Waals surface area (Å²) in [5, 5.41) is 9.46. The molecule has 36 heavy (non-hydrogen) atoms. The fraction of sp³-hybridized carbons (Fsp3) is 0.519. The van der Waals surface area contributed by atoms with Gasteiger partial charge in [0.2, 0.25) is 5.91 Å². The highest BCUT2D eigenvalue weighted by Gasteiger charge is 2.70. The fourth-order valence-corrected chi connectivity index (χ4v) is 8.08. The average Bonchev–Trinajstić information content (AvgIpc) is 3.23. The van der Waals surface area contributed by atoms with E-state index in [1.165, 1.54) is 0 Å². The van der Waals surface area contributed by atoms with Crippen molar-refractivity contribution in [2.45, 2.75) is 48.1 Å². The molecule has 9 heteroatoms. The van der Waals surface area contributed by atoms with Gasteiger partial charge in [-0.3, -0.25) is 14.4 Å². The number of halogens is 1. The van der Waals surface area contributed by atoms with Crippen LogP contribution in [0.15, 0.2) is 48.6 Å². The molecule has 0 radical (unpaired) electrons. The van der Waals surface area contributed by atoms with E-state index in [0.29, 0.717) is 37.6 Å². The SMILES string of the molecule is O=C1OCCC=C[C@H]2S[C@]34C=CCN(c5ccc(Cl)cc5)C(=O)C3N(CCCCCCO)C(=O)[C@@H]4[C@@H]12. The van der Waals surface area contributed by atoms with Crippen molar-refractivity contribution in [3.05, 3.63) is 53.6 Å². The normalized spacial score (nSPS) is 31.4. The quantitative estimate of drug-likeness (QED) is 0.329. The highest BCUT2D eigenvalue weighted by atomic mass is 35.5. The van der Waals surface area contributed by atoms with Crippen LogP contribution < -0.4 is 4.90 Å². The minimum atomic E-state index is -0.844. The second-order valence-corrected chi connectivity index (χ2v) is 11.6. The van der Waals surface area contributed by atoms with Gasteiger partial charge in [-0.05, 0) is 43.5 Å². The van der Waals surface area contributed by atoms with E-state index in [0.717, 1.165) is 24.9 Å². The zero-order valence-corrected chi connectivity index (χ0v) is 21.6. The molecule has 0 aromatic heterocycles. The standard InChI is InChI=1S/C27H31ClN2O5S/c28-18-9-11-19(12-10-18)29-15-7-13-27-22(21-20(36-27)8-3-6-17-35-26(21)34)24(32)30(23(27)25(29)33)14-4-1-2-5-16-31/h3,7-13,20-23,31H,1-2,4-6,14-17H2/t20-,21+,22+,23?,27+/m1/s1. The summed E-state index contributed by atoms with van der Waals surface area (Å²) < 4.78 is 4.68. The van der Waals surface area contributed by atoms with Crippen LogP contribution in [0.25, 0.3) is 0 Å². The molecule has 0 bridgehead atoms. The summed E-state index contributed by atoms with van der Waals surface area (Å²) >= 11 is 7.64. The van der Waals surface area contributed by atoms with E-state index in [2.05, 4.69) is 0 Å². The summed E-state index contributed by atoms with van der Waals surface area (Å²) in [7, 11) is 0. The number of carbonyl (C=O) groups is 3. The maximum atomic E-state index is 14.2. The number of hydrogen-bond donors (Lipinski definition) is 1. The molecule has 4 aliphatic rings. The number of cyclic esters (lactones) is 1. The number of esters is 1. The molecule has 1 aromatic carbocycles. The Hall–Kier alpha value is -2.29. The van der Waals surface area contributed by atoms with Crippen LogP contribution in [0.5, 0.6) is 0 Å². The maximum absolute atomic E-state index is 14.2. The lowest BCUT2D eigenvalue weighted by molar-refractivity contribution is -0.153. The Kier molecular flexibility index (Phi) is 7.47. The van der Waals surface area contributed by atoms with Gasteiger partial charge in [0, 0.05) is 35.7 Å². The van der Waals surface area contributed by atoms with Crippen LogP contribution in [0.1, 0.15) is 32.1 Å². The predicted octanol–water partition coefficient (Wildman–Crippen LogP) is 3.60. The number of ether oxygens (including phenoxy) is 1. The first-order chi connectivity index (χ1) is 17.5. The van der Waals surface area contributed by atoms with Crippen molar-refractivity contribution in [3.8, 4) is 0 Å². The second kappa shape index (κ2) is 10.6. The number of anilines is 1. The van der Waals surface area contributed by atoms with E-state index in [-0.39, 0.29) is 29.6 Å². The Morgan fingerprint density at radius 2 is 1.83 bits per heavy atom. The van der Waals surface area contributed by atoms with Gasteiger partial charge in [-0.2, -0.15) is 0 Å². The Balaban J connectivity index is 1.53. The number of likely N-dealkylation sites (tertiary alicyclic amines) is 1. The Morgan fingerprint density at radius 3 is 2.61 bits per heavy atom. The van der Waals surface area contributed by atoms with Gasteiger partial charge in [0.05, 0.1) is 23.2 Å². The Labute approximate surface area is 220 Å². The van der Waals surface area contributed by atoms with Crippen LogP contribution in [0.3, 0.4) is 0 Å². The lowest BCUT2D eigenvalue weighted by Crippen LogP contribution is -2.53.